The topological polar surface area (TPSA) is 25.8 Å². The van der Waals surface area contributed by atoms with Gasteiger partial charge in [0.05, 0.1) is 30.5 Å². The highest BCUT2D eigenvalue weighted by atomic mass is 14.9. The average molecular weight is 735 g/mol. The van der Waals surface area contributed by atoms with Gasteiger partial charge in [0.2, 0.25) is 0 Å². The molecule has 1 heterocycles. The van der Waals surface area contributed by atoms with Crippen LogP contribution in [0.2, 0.25) is 0 Å². The highest BCUT2D eigenvalue weighted by Gasteiger charge is 2.46. The van der Waals surface area contributed by atoms with Gasteiger partial charge in [-0.2, -0.15) is 0 Å². The van der Waals surface area contributed by atoms with E-state index >= 15 is 0 Å². The number of fused-ring (bicyclic) bond motifs is 5. The van der Waals surface area contributed by atoms with E-state index in [2.05, 4.69) is 30.3 Å². The molecule has 0 spiro atoms. The minimum atomic E-state index is -1.95. The summed E-state index contributed by atoms with van der Waals surface area (Å²) in [5.41, 5.74) is 5.41. The third-order valence-electron chi connectivity index (χ3n) is 11.1. The summed E-state index contributed by atoms with van der Waals surface area (Å²) in [4.78, 5) is 10.3. The lowest BCUT2D eigenvalue weighted by Gasteiger charge is -2.34. The van der Waals surface area contributed by atoms with Crippen molar-refractivity contribution in [3.63, 3.8) is 0 Å². The Bertz CT molecular complexity index is 3590. The van der Waals surface area contributed by atoms with Gasteiger partial charge in [-0.25, -0.2) is 9.97 Å². The van der Waals surface area contributed by atoms with Crippen LogP contribution in [0.25, 0.3) is 77.7 Å². The van der Waals surface area contributed by atoms with E-state index in [-0.39, 0.29) is 11.1 Å². The van der Waals surface area contributed by atoms with E-state index in [1.807, 2.05) is 115 Å². The van der Waals surface area contributed by atoms with Crippen LogP contribution in [0.3, 0.4) is 0 Å². The minimum Gasteiger partial charge on any atom is -0.228 e. The predicted molar refractivity (Wildman–Crippen MR) is 236 cm³/mol. The minimum absolute atomic E-state index is 0.208. The van der Waals surface area contributed by atoms with Crippen molar-refractivity contribution in [3.8, 4) is 56.2 Å². The summed E-state index contributed by atoms with van der Waals surface area (Å²) >= 11 is 0. The first-order chi connectivity index (χ1) is 32.4. The molecule has 0 N–H and O–H groups in total. The van der Waals surface area contributed by atoms with E-state index < -0.39 is 65.8 Å². The molecular weight excluding hydrogens is 689 g/mol. The first kappa shape index (κ1) is 24.2. The van der Waals surface area contributed by atoms with Crippen LogP contribution in [-0.4, -0.2) is 9.97 Å². The first-order valence-electron chi connectivity index (χ1n) is 23.8. The Balaban J connectivity index is 1.17. The Morgan fingerprint density at radius 3 is 1.72 bits per heavy atom. The fraction of sp³-hybridized carbons (Fsp3) is 0.0182. The quantitative estimate of drug-likeness (QED) is 0.170. The van der Waals surface area contributed by atoms with Crippen LogP contribution in [0.15, 0.2) is 218 Å². The molecule has 0 amide bonds. The maximum Gasteiger partial charge on any atom is 0.160 e. The predicted octanol–water partition coefficient (Wildman–Crippen LogP) is 13.8. The molecule has 10 aromatic rings. The van der Waals surface area contributed by atoms with Gasteiger partial charge in [-0.1, -0.05) is 200 Å². The fourth-order valence-corrected chi connectivity index (χ4v) is 8.56. The zero-order chi connectivity index (χ0) is 46.5. The second-order valence-corrected chi connectivity index (χ2v) is 14.2. The summed E-state index contributed by atoms with van der Waals surface area (Å²) in [6.45, 7) is 0. The molecule has 0 radical (unpaired) electrons. The summed E-state index contributed by atoms with van der Waals surface area (Å²) in [7, 11) is 0. The number of aromatic nitrogens is 2. The summed E-state index contributed by atoms with van der Waals surface area (Å²) < 4.78 is 90.1. The molecule has 0 saturated heterocycles. The number of nitrogens with zero attached hydrogens (tertiary/aromatic N) is 2. The largest absolute Gasteiger partial charge is 0.228 e. The van der Waals surface area contributed by atoms with Crippen molar-refractivity contribution >= 4 is 21.5 Å². The molecule has 1 aliphatic carbocycles. The Hall–Kier alpha value is -7.42. The molecule has 0 atom stereocenters. The maximum atomic E-state index is 9.42. The lowest BCUT2D eigenvalue weighted by molar-refractivity contribution is 0.769. The van der Waals surface area contributed by atoms with Crippen molar-refractivity contribution in [2.24, 2.45) is 0 Å². The van der Waals surface area contributed by atoms with Crippen LogP contribution in [0, 0.1) is 0 Å². The molecule has 0 bridgehead atoms. The van der Waals surface area contributed by atoms with E-state index in [1.165, 1.54) is 0 Å². The van der Waals surface area contributed by atoms with Crippen molar-refractivity contribution in [1.29, 1.82) is 0 Å². The lowest BCUT2D eigenvalue weighted by atomic mass is 9.67. The summed E-state index contributed by atoms with van der Waals surface area (Å²) in [6.07, 6.45) is 0. The van der Waals surface area contributed by atoms with Crippen LogP contribution in [0.4, 0.5) is 0 Å². The summed E-state index contributed by atoms with van der Waals surface area (Å²) in [5, 5.41) is 3.99. The van der Waals surface area contributed by atoms with Gasteiger partial charge in [0.25, 0.3) is 0 Å². The maximum absolute atomic E-state index is 9.42. The zero-order valence-electron chi connectivity index (χ0n) is 40.4. The highest BCUT2D eigenvalue weighted by molar-refractivity contribution is 6.05. The molecule has 2 nitrogen and oxygen atoms in total. The zero-order valence-corrected chi connectivity index (χ0v) is 30.4. The normalized spacial score (nSPS) is 15.2. The van der Waals surface area contributed by atoms with E-state index in [9.17, 15) is 5.48 Å². The van der Waals surface area contributed by atoms with Crippen LogP contribution in [-0.2, 0) is 5.41 Å². The van der Waals surface area contributed by atoms with Gasteiger partial charge in [-0.3, -0.25) is 0 Å². The molecule has 57 heavy (non-hydrogen) atoms. The Labute approximate surface area is 346 Å². The molecule has 0 unspecified atom stereocenters. The standard InChI is InChI=1S/C55H36N2/c1-4-17-38(18-5-1)54-56-52(41-29-28-37-16-10-11-19-39(37)34-41)36-53(57-54)49-33-32-44(45-24-12-13-25-46(45)49)40-30-31-48-47-26-14-15-27-50(47)55(51(48)35-40,42-20-6-2-7-21-42)43-22-8-3-9-23-43/h1-36H/i2D,3D,6D,7D,8D,9D,20D,21D,22D,23D. The van der Waals surface area contributed by atoms with Gasteiger partial charge in [-0.05, 0) is 84.3 Å². The van der Waals surface area contributed by atoms with Gasteiger partial charge in [0.1, 0.15) is 0 Å². The molecule has 1 aliphatic rings. The monoisotopic (exact) mass is 734 g/mol. The number of hydrogen-bond acceptors (Lipinski definition) is 2. The van der Waals surface area contributed by atoms with Crippen LogP contribution in [0.1, 0.15) is 36.0 Å². The Morgan fingerprint density at radius 1 is 0.368 bits per heavy atom. The smallest absolute Gasteiger partial charge is 0.160 e. The lowest BCUT2D eigenvalue weighted by Crippen LogP contribution is -2.28. The van der Waals surface area contributed by atoms with Gasteiger partial charge in [-0.15, -0.1) is 0 Å². The average Bonchev–Trinajstić information content (AvgIpc) is 3.65. The van der Waals surface area contributed by atoms with E-state index in [1.54, 1.807) is 12.1 Å². The third kappa shape index (κ3) is 5.33. The van der Waals surface area contributed by atoms with Crippen molar-refractivity contribution < 1.29 is 13.7 Å². The summed E-state index contributed by atoms with van der Waals surface area (Å²) in [6, 6.07) is 45.6. The molecule has 0 fully saturated rings. The SMILES string of the molecule is [2H]c1c([2H])c([2H])c(C2(c3c([2H])c([2H])c([2H])c([2H])c3[2H])c3ccccc3-c3ccc(-c4ccc(-c5cc(-c6ccc7ccccc7c6)nc(-c6ccccc6)n5)c5ccccc45)cc32)c([2H])c1[2H]. The molecule has 2 heteroatoms. The second-order valence-electron chi connectivity index (χ2n) is 14.2. The van der Waals surface area contributed by atoms with E-state index in [0.717, 1.165) is 49.5 Å². The Morgan fingerprint density at radius 2 is 0.947 bits per heavy atom. The van der Waals surface area contributed by atoms with Crippen molar-refractivity contribution in [3.05, 3.63) is 240 Å². The van der Waals surface area contributed by atoms with Crippen molar-refractivity contribution in [2.45, 2.75) is 5.41 Å². The number of benzene rings is 9. The Kier molecular flexibility index (Phi) is 5.68. The second kappa shape index (κ2) is 13.4. The molecule has 11 rings (SSSR count). The van der Waals surface area contributed by atoms with Gasteiger partial charge < -0.3 is 0 Å². The fourth-order valence-electron chi connectivity index (χ4n) is 8.56. The van der Waals surface area contributed by atoms with Crippen LogP contribution in [0.5, 0.6) is 0 Å². The van der Waals surface area contributed by atoms with Gasteiger partial charge in [0.15, 0.2) is 5.82 Å². The first-order valence-corrected chi connectivity index (χ1v) is 18.8. The van der Waals surface area contributed by atoms with Gasteiger partial charge in [0, 0.05) is 16.7 Å². The number of hydrogen-bond donors (Lipinski definition) is 0. The van der Waals surface area contributed by atoms with E-state index in [4.69, 9.17) is 18.2 Å². The molecule has 0 aliphatic heterocycles. The molecule has 1 aromatic heterocycles. The summed E-state index contributed by atoms with van der Waals surface area (Å²) in [5.74, 6) is 0.573. The van der Waals surface area contributed by atoms with Crippen LogP contribution >= 0.6 is 0 Å². The van der Waals surface area contributed by atoms with E-state index in [0.29, 0.717) is 39.3 Å². The van der Waals surface area contributed by atoms with Crippen LogP contribution < -0.4 is 0 Å². The molecule has 9 aromatic carbocycles. The molecule has 266 valence electrons. The highest BCUT2D eigenvalue weighted by Crippen LogP contribution is 2.57. The molecular formula is C55H36N2. The van der Waals surface area contributed by atoms with Crippen molar-refractivity contribution in [1.82, 2.24) is 9.97 Å². The number of rotatable bonds is 6. The van der Waals surface area contributed by atoms with Crippen molar-refractivity contribution in [2.75, 3.05) is 0 Å². The molecule has 0 saturated carbocycles. The third-order valence-corrected chi connectivity index (χ3v) is 11.1. The van der Waals surface area contributed by atoms with Gasteiger partial charge >= 0.3 is 0 Å².